The lowest BCUT2D eigenvalue weighted by Gasteiger charge is -2.17. The van der Waals surface area contributed by atoms with Crippen molar-refractivity contribution in [2.24, 2.45) is 0 Å². The Morgan fingerprint density at radius 3 is 2.54 bits per heavy atom. The molecule has 0 radical (unpaired) electrons. The van der Waals surface area contributed by atoms with Gasteiger partial charge < -0.3 is 4.74 Å². The highest BCUT2D eigenvalue weighted by atomic mass is 16.5. The monoisotopic (exact) mass is 370 g/mol. The molecule has 0 spiro atoms. The average molecular weight is 370 g/mol. The molecule has 4 aromatic rings. The smallest absolute Gasteiger partial charge is 0.131 e. The zero-order valence-electron chi connectivity index (χ0n) is 15.8. The van der Waals surface area contributed by atoms with E-state index in [1.807, 2.05) is 61.1 Å². The van der Waals surface area contributed by atoms with Gasteiger partial charge in [-0.25, -0.2) is 4.98 Å². The van der Waals surface area contributed by atoms with E-state index in [1.54, 1.807) is 0 Å². The van der Waals surface area contributed by atoms with E-state index in [-0.39, 0.29) is 0 Å². The molecular formula is C23H22N4O. The number of hydrogen-bond donors (Lipinski definition) is 0. The lowest BCUT2D eigenvalue weighted by atomic mass is 10.1. The molecule has 0 aliphatic carbocycles. The Labute approximate surface area is 164 Å². The maximum Gasteiger partial charge on any atom is 0.131 e. The van der Waals surface area contributed by atoms with Crippen LogP contribution in [0.3, 0.4) is 0 Å². The van der Waals surface area contributed by atoms with Gasteiger partial charge in [-0.3, -0.25) is 14.3 Å². The zero-order chi connectivity index (χ0) is 18.9. The summed E-state index contributed by atoms with van der Waals surface area (Å²) in [4.78, 5) is 11.8. The molecule has 140 valence electrons. The maximum atomic E-state index is 5.91. The number of benzene rings is 2. The van der Waals surface area contributed by atoms with E-state index in [9.17, 15) is 0 Å². The first-order valence-corrected chi connectivity index (χ1v) is 9.65. The van der Waals surface area contributed by atoms with Crippen molar-refractivity contribution in [3.8, 4) is 22.8 Å². The fourth-order valence-corrected chi connectivity index (χ4v) is 3.95. The van der Waals surface area contributed by atoms with Gasteiger partial charge >= 0.3 is 0 Å². The highest BCUT2D eigenvalue weighted by molar-refractivity contribution is 5.77. The summed E-state index contributed by atoms with van der Waals surface area (Å²) in [5.41, 5.74) is 3.07. The van der Waals surface area contributed by atoms with E-state index >= 15 is 0 Å². The summed E-state index contributed by atoms with van der Waals surface area (Å²) in [5.74, 6) is 2.74. The molecule has 1 aliphatic rings. The molecule has 5 rings (SSSR count). The molecule has 5 nitrogen and oxygen atoms in total. The summed E-state index contributed by atoms with van der Waals surface area (Å²) >= 11 is 0. The Kier molecular flexibility index (Phi) is 4.29. The second-order valence-electron chi connectivity index (χ2n) is 7.23. The van der Waals surface area contributed by atoms with Gasteiger partial charge in [-0.15, -0.1) is 0 Å². The Morgan fingerprint density at radius 1 is 1.00 bits per heavy atom. The van der Waals surface area contributed by atoms with Gasteiger partial charge in [0, 0.05) is 18.0 Å². The normalized spacial score (nSPS) is 17.2. The molecule has 0 amide bonds. The second-order valence-corrected chi connectivity index (χ2v) is 7.23. The number of imidazole rings is 1. The van der Waals surface area contributed by atoms with Gasteiger partial charge in [0.1, 0.15) is 17.3 Å². The van der Waals surface area contributed by atoms with Gasteiger partial charge in [0.25, 0.3) is 0 Å². The number of nitrogens with zero attached hydrogens (tertiary/aromatic N) is 4. The number of rotatable bonds is 4. The topological polar surface area (TPSA) is 42.7 Å². The summed E-state index contributed by atoms with van der Waals surface area (Å²) < 4.78 is 8.10. The molecule has 28 heavy (non-hydrogen) atoms. The van der Waals surface area contributed by atoms with Crippen molar-refractivity contribution in [2.45, 2.75) is 18.9 Å². The molecule has 1 aliphatic heterocycles. The highest BCUT2D eigenvalue weighted by Gasteiger charge is 2.27. The van der Waals surface area contributed by atoms with E-state index in [2.05, 4.69) is 33.5 Å². The summed E-state index contributed by atoms with van der Waals surface area (Å²) in [5, 5.41) is 0. The van der Waals surface area contributed by atoms with Crippen molar-refractivity contribution in [2.75, 3.05) is 13.6 Å². The second kappa shape index (κ2) is 7.09. The summed E-state index contributed by atoms with van der Waals surface area (Å²) in [6.07, 6.45) is 8.09. The molecule has 0 bridgehead atoms. The molecule has 2 aromatic carbocycles. The number of hydrogen-bond acceptors (Lipinski definition) is 4. The third-order valence-corrected chi connectivity index (χ3v) is 5.40. The zero-order valence-corrected chi connectivity index (χ0v) is 15.8. The maximum absolute atomic E-state index is 5.91. The van der Waals surface area contributed by atoms with Crippen molar-refractivity contribution < 1.29 is 4.74 Å². The van der Waals surface area contributed by atoms with Crippen LogP contribution in [0.5, 0.6) is 11.5 Å². The van der Waals surface area contributed by atoms with Crippen LogP contribution < -0.4 is 4.74 Å². The SMILES string of the molecule is CN1CCC[C@@H]1c1nc(-c2ccc(Oc3ccccc3)cc2)c2cnccn12. The van der Waals surface area contributed by atoms with Crippen LogP contribution in [0.25, 0.3) is 16.8 Å². The third kappa shape index (κ3) is 3.04. The Hall–Kier alpha value is -3.18. The predicted molar refractivity (Wildman–Crippen MR) is 110 cm³/mol. The number of aromatic nitrogens is 3. The number of likely N-dealkylation sites (tertiary alicyclic amines) is 1. The van der Waals surface area contributed by atoms with Crippen LogP contribution in [-0.4, -0.2) is 32.9 Å². The first-order chi connectivity index (χ1) is 13.8. The molecular weight excluding hydrogens is 348 g/mol. The molecule has 5 heteroatoms. The number of fused-ring (bicyclic) bond motifs is 1. The van der Waals surface area contributed by atoms with Crippen LogP contribution in [0.15, 0.2) is 73.2 Å². The van der Waals surface area contributed by atoms with Crippen LogP contribution in [0, 0.1) is 0 Å². The summed E-state index contributed by atoms with van der Waals surface area (Å²) in [7, 11) is 2.18. The minimum atomic E-state index is 0.351. The summed E-state index contributed by atoms with van der Waals surface area (Å²) in [6.45, 7) is 1.12. The van der Waals surface area contributed by atoms with Crippen molar-refractivity contribution >= 4 is 5.52 Å². The number of ether oxygens (including phenoxy) is 1. The minimum absolute atomic E-state index is 0.351. The van der Waals surface area contributed by atoms with Crippen molar-refractivity contribution in [3.05, 3.63) is 79.0 Å². The van der Waals surface area contributed by atoms with Crippen molar-refractivity contribution in [3.63, 3.8) is 0 Å². The van der Waals surface area contributed by atoms with Gasteiger partial charge in [-0.1, -0.05) is 18.2 Å². The molecule has 0 saturated carbocycles. The minimum Gasteiger partial charge on any atom is -0.457 e. The molecule has 2 aromatic heterocycles. The van der Waals surface area contributed by atoms with Gasteiger partial charge in [0.15, 0.2) is 0 Å². The molecule has 1 atom stereocenters. The van der Waals surface area contributed by atoms with Crippen molar-refractivity contribution in [1.82, 2.24) is 19.3 Å². The fraction of sp³-hybridized carbons (Fsp3) is 0.217. The van der Waals surface area contributed by atoms with E-state index in [0.717, 1.165) is 47.1 Å². The van der Waals surface area contributed by atoms with Crippen LogP contribution >= 0.6 is 0 Å². The molecule has 0 unspecified atom stereocenters. The fourth-order valence-electron chi connectivity index (χ4n) is 3.95. The molecule has 1 saturated heterocycles. The van der Waals surface area contributed by atoms with E-state index in [0.29, 0.717) is 6.04 Å². The highest BCUT2D eigenvalue weighted by Crippen LogP contribution is 2.34. The molecule has 3 heterocycles. The van der Waals surface area contributed by atoms with Gasteiger partial charge in [-0.2, -0.15) is 0 Å². The Morgan fingerprint density at radius 2 is 1.79 bits per heavy atom. The Bertz CT molecular complexity index is 1090. The van der Waals surface area contributed by atoms with Gasteiger partial charge in [0.05, 0.1) is 23.4 Å². The summed E-state index contributed by atoms with van der Waals surface area (Å²) in [6, 6.07) is 18.3. The molecule has 1 fully saturated rings. The largest absolute Gasteiger partial charge is 0.457 e. The Balaban J connectivity index is 1.51. The van der Waals surface area contributed by atoms with Crippen LogP contribution in [0.4, 0.5) is 0 Å². The van der Waals surface area contributed by atoms with Crippen LogP contribution in [-0.2, 0) is 0 Å². The average Bonchev–Trinajstić information content (AvgIpc) is 3.33. The van der Waals surface area contributed by atoms with E-state index in [1.165, 1.54) is 6.42 Å². The lowest BCUT2D eigenvalue weighted by Crippen LogP contribution is -2.19. The first kappa shape index (κ1) is 17.0. The van der Waals surface area contributed by atoms with Crippen LogP contribution in [0.2, 0.25) is 0 Å². The number of para-hydroxylation sites is 1. The van der Waals surface area contributed by atoms with E-state index in [4.69, 9.17) is 9.72 Å². The lowest BCUT2D eigenvalue weighted by molar-refractivity contribution is 0.305. The van der Waals surface area contributed by atoms with E-state index < -0.39 is 0 Å². The van der Waals surface area contributed by atoms with Gasteiger partial charge in [-0.05, 0) is 62.8 Å². The third-order valence-electron chi connectivity index (χ3n) is 5.40. The van der Waals surface area contributed by atoms with Crippen LogP contribution in [0.1, 0.15) is 24.7 Å². The standard InChI is InChI=1S/C23H22N4O/c1-26-14-5-8-20(26)23-25-22(21-16-24-13-15-27(21)23)17-9-11-19(12-10-17)28-18-6-3-2-4-7-18/h2-4,6-7,9-13,15-16,20H,5,8,14H2,1H3/t20-/m1/s1. The van der Waals surface area contributed by atoms with Crippen molar-refractivity contribution in [1.29, 1.82) is 0 Å². The van der Waals surface area contributed by atoms with Gasteiger partial charge in [0.2, 0.25) is 0 Å². The first-order valence-electron chi connectivity index (χ1n) is 9.65. The molecule has 0 N–H and O–H groups in total. The predicted octanol–water partition coefficient (Wildman–Crippen LogP) is 4.96. The quantitative estimate of drug-likeness (QED) is 0.509.